The molecule has 1 fully saturated rings. The third-order valence-electron chi connectivity index (χ3n) is 6.16. The van der Waals surface area contributed by atoms with Crippen LogP contribution in [0.4, 0.5) is 23.2 Å². The van der Waals surface area contributed by atoms with Crippen LogP contribution in [0.25, 0.3) is 16.5 Å². The van der Waals surface area contributed by atoms with Crippen LogP contribution in [-0.4, -0.2) is 16.8 Å². The highest BCUT2D eigenvalue weighted by molar-refractivity contribution is 6.51. The molecule has 1 amide bonds. The number of aliphatic hydroxyl groups is 1. The van der Waals surface area contributed by atoms with E-state index in [2.05, 4.69) is 0 Å². The highest BCUT2D eigenvalue weighted by atomic mass is 19.4. The smallest absolute Gasteiger partial charge is 0.416 e. The Kier molecular flexibility index (Phi) is 5.59. The number of anilines is 1. The summed E-state index contributed by atoms with van der Waals surface area (Å²) in [5.41, 5.74) is -1.17. The standard InChI is InChI=1S/C28H17F4NO3/c29-22-11-4-3-9-21(22)24-23(25(34)20-10-5-7-16-6-1-2-8-19(16)20)26(35)27(36)33(24)18-14-12-17(13-15-18)28(30,31)32/h1-15,24,34H/b25-23+. The van der Waals surface area contributed by atoms with E-state index in [-0.39, 0.29) is 22.4 Å². The SMILES string of the molecule is O=C1C(=O)N(c2ccc(C(F)(F)F)cc2)C(c2ccccc2F)/C1=C(\O)c1cccc2ccccc12. The molecular formula is C28H17F4NO3. The molecule has 1 atom stereocenters. The lowest BCUT2D eigenvalue weighted by Crippen LogP contribution is -2.30. The fourth-order valence-electron chi connectivity index (χ4n) is 4.48. The molecule has 4 nitrogen and oxygen atoms in total. The first-order valence-electron chi connectivity index (χ1n) is 10.9. The average Bonchev–Trinajstić information content (AvgIpc) is 3.13. The summed E-state index contributed by atoms with van der Waals surface area (Å²) in [5, 5.41) is 12.7. The maximum absolute atomic E-state index is 15.0. The van der Waals surface area contributed by atoms with E-state index in [0.717, 1.165) is 40.6 Å². The maximum atomic E-state index is 15.0. The number of nitrogens with zero attached hydrogens (tertiary/aromatic N) is 1. The fourth-order valence-corrected chi connectivity index (χ4v) is 4.48. The lowest BCUT2D eigenvalue weighted by atomic mass is 9.93. The third-order valence-corrected chi connectivity index (χ3v) is 6.16. The normalized spacial score (nSPS) is 17.7. The number of amides is 1. The first-order chi connectivity index (χ1) is 17.2. The summed E-state index contributed by atoms with van der Waals surface area (Å²) < 4.78 is 54.3. The van der Waals surface area contributed by atoms with Gasteiger partial charge >= 0.3 is 6.18 Å². The van der Waals surface area contributed by atoms with Crippen molar-refractivity contribution in [1.29, 1.82) is 0 Å². The van der Waals surface area contributed by atoms with Gasteiger partial charge < -0.3 is 5.11 Å². The second-order valence-corrected chi connectivity index (χ2v) is 8.26. The Morgan fingerprint density at radius 3 is 2.14 bits per heavy atom. The van der Waals surface area contributed by atoms with Gasteiger partial charge in [-0.2, -0.15) is 13.2 Å². The molecule has 0 saturated carbocycles. The Balaban J connectivity index is 1.75. The molecule has 0 bridgehead atoms. The number of aliphatic hydroxyl groups excluding tert-OH is 1. The monoisotopic (exact) mass is 491 g/mol. The van der Waals surface area contributed by atoms with Gasteiger partial charge in [-0.3, -0.25) is 14.5 Å². The van der Waals surface area contributed by atoms with Gasteiger partial charge in [0.25, 0.3) is 11.7 Å². The van der Waals surface area contributed by atoms with Crippen molar-refractivity contribution in [2.75, 3.05) is 4.90 Å². The molecule has 180 valence electrons. The van der Waals surface area contributed by atoms with Crippen molar-refractivity contribution in [3.8, 4) is 0 Å². The number of rotatable bonds is 3. The zero-order valence-corrected chi connectivity index (χ0v) is 18.5. The minimum absolute atomic E-state index is 0.0460. The minimum Gasteiger partial charge on any atom is -0.507 e. The topological polar surface area (TPSA) is 57.6 Å². The van der Waals surface area contributed by atoms with E-state index >= 15 is 0 Å². The lowest BCUT2D eigenvalue weighted by molar-refractivity contribution is -0.137. The molecular weight excluding hydrogens is 474 g/mol. The van der Waals surface area contributed by atoms with Crippen molar-refractivity contribution in [2.45, 2.75) is 12.2 Å². The van der Waals surface area contributed by atoms with E-state index in [4.69, 9.17) is 0 Å². The van der Waals surface area contributed by atoms with E-state index in [1.54, 1.807) is 42.5 Å². The number of halogens is 4. The van der Waals surface area contributed by atoms with Gasteiger partial charge in [0, 0.05) is 16.8 Å². The number of alkyl halides is 3. The fraction of sp³-hybridized carbons (Fsp3) is 0.0714. The first-order valence-corrected chi connectivity index (χ1v) is 10.9. The summed E-state index contributed by atoms with van der Waals surface area (Å²) in [6.07, 6.45) is -4.61. The molecule has 1 heterocycles. The van der Waals surface area contributed by atoms with Crippen LogP contribution in [0.1, 0.15) is 22.7 Å². The second kappa shape index (κ2) is 8.64. The van der Waals surface area contributed by atoms with Gasteiger partial charge in [-0.25, -0.2) is 4.39 Å². The predicted octanol–water partition coefficient (Wildman–Crippen LogP) is 6.62. The van der Waals surface area contributed by atoms with Gasteiger partial charge in [-0.15, -0.1) is 0 Å². The molecule has 36 heavy (non-hydrogen) atoms. The van der Waals surface area contributed by atoms with Gasteiger partial charge in [0.1, 0.15) is 11.6 Å². The number of hydrogen-bond donors (Lipinski definition) is 1. The Labute approximate surface area is 202 Å². The number of carbonyl (C=O) groups is 2. The number of fused-ring (bicyclic) bond motifs is 1. The number of benzene rings is 4. The molecule has 1 unspecified atom stereocenters. The summed E-state index contributed by atoms with van der Waals surface area (Å²) in [4.78, 5) is 27.3. The van der Waals surface area contributed by atoms with Crippen molar-refractivity contribution >= 4 is 33.9 Å². The molecule has 1 saturated heterocycles. The Morgan fingerprint density at radius 2 is 1.44 bits per heavy atom. The molecule has 0 aromatic heterocycles. The zero-order valence-electron chi connectivity index (χ0n) is 18.5. The summed E-state index contributed by atoms with van der Waals surface area (Å²) in [5.74, 6) is -3.42. The van der Waals surface area contributed by atoms with Crippen LogP contribution in [0.5, 0.6) is 0 Å². The molecule has 1 aliphatic rings. The summed E-state index contributed by atoms with van der Waals surface area (Å²) in [6, 6.07) is 19.8. The van der Waals surface area contributed by atoms with Gasteiger partial charge in [-0.05, 0) is 41.1 Å². The van der Waals surface area contributed by atoms with E-state index < -0.39 is 41.0 Å². The van der Waals surface area contributed by atoms with Crippen molar-refractivity contribution in [3.05, 3.63) is 119 Å². The molecule has 4 aromatic rings. The van der Waals surface area contributed by atoms with E-state index in [1.165, 1.54) is 18.2 Å². The summed E-state index contributed by atoms with van der Waals surface area (Å²) in [7, 11) is 0. The Hall–Kier alpha value is -4.46. The Bertz CT molecular complexity index is 1540. The Morgan fingerprint density at radius 1 is 0.806 bits per heavy atom. The highest BCUT2D eigenvalue weighted by Crippen LogP contribution is 2.44. The van der Waals surface area contributed by atoms with Gasteiger partial charge in [0.2, 0.25) is 0 Å². The number of hydrogen-bond acceptors (Lipinski definition) is 3. The average molecular weight is 491 g/mol. The maximum Gasteiger partial charge on any atom is 0.416 e. The van der Waals surface area contributed by atoms with Crippen LogP contribution in [0.15, 0.2) is 96.6 Å². The number of ketones is 1. The molecule has 5 rings (SSSR count). The number of Topliss-reactive ketones (excluding diaryl/α,β-unsaturated/α-hetero) is 1. The number of carbonyl (C=O) groups excluding carboxylic acids is 2. The second-order valence-electron chi connectivity index (χ2n) is 8.26. The first kappa shape index (κ1) is 23.3. The molecule has 1 aliphatic heterocycles. The highest BCUT2D eigenvalue weighted by Gasteiger charge is 2.48. The van der Waals surface area contributed by atoms with Crippen LogP contribution in [-0.2, 0) is 15.8 Å². The quantitative estimate of drug-likeness (QED) is 0.152. The van der Waals surface area contributed by atoms with Gasteiger partial charge in [-0.1, -0.05) is 60.7 Å². The molecule has 0 aliphatic carbocycles. The lowest BCUT2D eigenvalue weighted by Gasteiger charge is -2.26. The van der Waals surface area contributed by atoms with Crippen molar-refractivity contribution in [3.63, 3.8) is 0 Å². The zero-order chi connectivity index (χ0) is 25.6. The van der Waals surface area contributed by atoms with Crippen LogP contribution >= 0.6 is 0 Å². The van der Waals surface area contributed by atoms with E-state index in [1.807, 2.05) is 0 Å². The van der Waals surface area contributed by atoms with Crippen LogP contribution in [0, 0.1) is 5.82 Å². The predicted molar refractivity (Wildman–Crippen MR) is 127 cm³/mol. The molecule has 4 aromatic carbocycles. The minimum atomic E-state index is -4.61. The van der Waals surface area contributed by atoms with E-state index in [0.29, 0.717) is 5.39 Å². The van der Waals surface area contributed by atoms with Gasteiger partial charge in [0.15, 0.2) is 0 Å². The molecule has 1 N–H and O–H groups in total. The summed E-state index contributed by atoms with van der Waals surface area (Å²) >= 11 is 0. The third kappa shape index (κ3) is 3.80. The van der Waals surface area contributed by atoms with Crippen molar-refractivity contribution in [1.82, 2.24) is 0 Å². The summed E-state index contributed by atoms with van der Waals surface area (Å²) in [6.45, 7) is 0. The van der Waals surface area contributed by atoms with Crippen molar-refractivity contribution < 1.29 is 32.3 Å². The van der Waals surface area contributed by atoms with Crippen LogP contribution in [0.2, 0.25) is 0 Å². The largest absolute Gasteiger partial charge is 0.507 e. The van der Waals surface area contributed by atoms with Crippen LogP contribution in [0.3, 0.4) is 0 Å². The van der Waals surface area contributed by atoms with E-state index in [9.17, 15) is 32.3 Å². The molecule has 8 heteroatoms. The molecule has 0 spiro atoms. The molecule has 0 radical (unpaired) electrons. The van der Waals surface area contributed by atoms with Crippen LogP contribution < -0.4 is 4.90 Å². The van der Waals surface area contributed by atoms with Gasteiger partial charge in [0.05, 0.1) is 17.2 Å². The van der Waals surface area contributed by atoms with Crippen molar-refractivity contribution in [2.24, 2.45) is 0 Å².